The highest BCUT2D eigenvalue weighted by atomic mass is 16.5. The molecule has 0 bridgehead atoms. The summed E-state index contributed by atoms with van der Waals surface area (Å²) in [5.41, 5.74) is 4.29. The zero-order chi connectivity index (χ0) is 21.2. The molecule has 5 nitrogen and oxygen atoms in total. The number of ether oxygens (including phenoxy) is 1. The lowest BCUT2D eigenvalue weighted by atomic mass is 9.67. The van der Waals surface area contributed by atoms with Crippen molar-refractivity contribution in [2.45, 2.75) is 47.1 Å². The molecule has 1 heterocycles. The molecule has 3 rings (SSSR count). The molecule has 0 aromatic heterocycles. The van der Waals surface area contributed by atoms with Gasteiger partial charge in [0.2, 0.25) is 0 Å². The summed E-state index contributed by atoms with van der Waals surface area (Å²) in [4.78, 5) is 25.7. The number of benzene rings is 2. The second-order valence-corrected chi connectivity index (χ2v) is 8.49. The van der Waals surface area contributed by atoms with Gasteiger partial charge in [0.15, 0.2) is 11.9 Å². The third kappa shape index (κ3) is 3.95. The molecule has 5 heteroatoms. The lowest BCUT2D eigenvalue weighted by molar-refractivity contribution is -0.179. The van der Waals surface area contributed by atoms with E-state index < -0.39 is 22.9 Å². The number of para-hydroxylation sites is 1. The molecule has 0 spiro atoms. The molecule has 0 radical (unpaired) electrons. The first-order valence-corrected chi connectivity index (χ1v) is 9.92. The molecular formula is C24H28N2O3. The van der Waals surface area contributed by atoms with Gasteiger partial charge in [-0.3, -0.25) is 15.0 Å². The van der Waals surface area contributed by atoms with Crippen LogP contribution >= 0.6 is 0 Å². The maximum Gasteiger partial charge on any atom is 0.319 e. The van der Waals surface area contributed by atoms with Crippen LogP contribution in [-0.2, 0) is 20.7 Å². The lowest BCUT2D eigenvalue weighted by Crippen LogP contribution is -2.58. The minimum absolute atomic E-state index is 0.149. The van der Waals surface area contributed by atoms with Crippen LogP contribution in [0.3, 0.4) is 0 Å². The maximum absolute atomic E-state index is 13.1. The highest BCUT2D eigenvalue weighted by Gasteiger charge is 2.56. The molecule has 1 fully saturated rings. The van der Waals surface area contributed by atoms with Crippen LogP contribution in [0.1, 0.15) is 45.7 Å². The van der Waals surface area contributed by atoms with Gasteiger partial charge in [0.05, 0.1) is 11.1 Å². The molecule has 1 atom stereocenters. The van der Waals surface area contributed by atoms with Crippen molar-refractivity contribution in [2.24, 2.45) is 15.9 Å². The summed E-state index contributed by atoms with van der Waals surface area (Å²) in [6.07, 6.45) is 0.130. The number of hydrogen-bond donors (Lipinski definition) is 1. The zero-order valence-electron chi connectivity index (χ0n) is 17.7. The second kappa shape index (κ2) is 7.82. The molecule has 0 aliphatic carbocycles. The summed E-state index contributed by atoms with van der Waals surface area (Å²) in [6.45, 7) is 8.95. The van der Waals surface area contributed by atoms with E-state index >= 15 is 0 Å². The van der Waals surface area contributed by atoms with Crippen molar-refractivity contribution >= 4 is 23.2 Å². The van der Waals surface area contributed by atoms with Gasteiger partial charge in [0, 0.05) is 5.56 Å². The van der Waals surface area contributed by atoms with E-state index in [4.69, 9.17) is 4.74 Å². The Labute approximate surface area is 172 Å². The van der Waals surface area contributed by atoms with Crippen molar-refractivity contribution in [2.75, 3.05) is 5.43 Å². The fraction of sp³-hybridized carbons (Fsp3) is 0.375. The average molecular weight is 392 g/mol. The largest absolute Gasteiger partial charge is 0.454 e. The van der Waals surface area contributed by atoms with Gasteiger partial charge in [-0.25, -0.2) is 0 Å². The summed E-state index contributed by atoms with van der Waals surface area (Å²) >= 11 is 0. The molecule has 1 aliphatic heterocycles. The highest BCUT2D eigenvalue weighted by molar-refractivity contribution is 6.15. The lowest BCUT2D eigenvalue weighted by Gasteiger charge is -2.43. The number of ketones is 1. The quantitative estimate of drug-likeness (QED) is 0.349. The molecule has 2 aromatic carbocycles. The van der Waals surface area contributed by atoms with E-state index in [9.17, 15) is 9.59 Å². The zero-order valence-corrected chi connectivity index (χ0v) is 17.7. The van der Waals surface area contributed by atoms with Crippen molar-refractivity contribution in [1.82, 2.24) is 0 Å². The standard InChI is InChI=1S/C24H28N2O3/c1-6-16-12-14-17(15-13-16)19(26-25-18-10-8-7-9-11-18)20-23(2,3)21(27)24(4,5)22(28)29-20/h7-15,20,25H,6H2,1-5H3/b26-19-/t20-/m1/s1. The van der Waals surface area contributed by atoms with Crippen LogP contribution in [0.15, 0.2) is 59.7 Å². The number of carbonyl (C=O) groups excluding carboxylic acids is 2. The van der Waals surface area contributed by atoms with Crippen LogP contribution in [0.25, 0.3) is 0 Å². The number of nitrogens with zero attached hydrogens (tertiary/aromatic N) is 1. The Morgan fingerprint density at radius 1 is 1.00 bits per heavy atom. The first kappa shape index (κ1) is 20.8. The van der Waals surface area contributed by atoms with E-state index in [2.05, 4.69) is 17.5 Å². The van der Waals surface area contributed by atoms with Crippen molar-refractivity contribution in [3.63, 3.8) is 0 Å². The molecular weight excluding hydrogens is 364 g/mol. The number of nitrogens with one attached hydrogen (secondary N) is 1. The third-order valence-electron chi connectivity index (χ3n) is 5.53. The Hall–Kier alpha value is -2.95. The maximum atomic E-state index is 13.1. The number of hydrazone groups is 1. The van der Waals surface area contributed by atoms with Crippen LogP contribution in [0, 0.1) is 10.8 Å². The van der Waals surface area contributed by atoms with Crippen molar-refractivity contribution in [3.05, 3.63) is 65.7 Å². The highest BCUT2D eigenvalue weighted by Crippen LogP contribution is 2.41. The number of rotatable bonds is 5. The third-order valence-corrected chi connectivity index (χ3v) is 5.53. The number of carbonyl (C=O) groups is 2. The predicted octanol–water partition coefficient (Wildman–Crippen LogP) is 4.61. The summed E-state index contributed by atoms with van der Waals surface area (Å²) in [5, 5.41) is 4.59. The number of aryl methyl sites for hydroxylation is 1. The van der Waals surface area contributed by atoms with E-state index in [0.717, 1.165) is 17.7 Å². The fourth-order valence-corrected chi connectivity index (χ4v) is 3.64. The Morgan fingerprint density at radius 2 is 1.62 bits per heavy atom. The number of anilines is 1. The summed E-state index contributed by atoms with van der Waals surface area (Å²) in [5.74, 6) is -0.673. The molecule has 29 heavy (non-hydrogen) atoms. The first-order valence-electron chi connectivity index (χ1n) is 9.92. The predicted molar refractivity (Wildman–Crippen MR) is 115 cm³/mol. The van der Waals surface area contributed by atoms with E-state index in [1.807, 2.05) is 68.4 Å². The fourth-order valence-electron chi connectivity index (χ4n) is 3.64. The van der Waals surface area contributed by atoms with Gasteiger partial charge in [-0.1, -0.05) is 49.4 Å². The molecule has 0 saturated carbocycles. The minimum atomic E-state index is -1.18. The monoisotopic (exact) mass is 392 g/mol. The van der Waals surface area contributed by atoms with Gasteiger partial charge in [-0.15, -0.1) is 0 Å². The normalized spacial score (nSPS) is 20.9. The number of hydrogen-bond acceptors (Lipinski definition) is 5. The summed E-state index contributed by atoms with van der Waals surface area (Å²) in [6, 6.07) is 17.5. The van der Waals surface area contributed by atoms with Gasteiger partial charge >= 0.3 is 5.97 Å². The van der Waals surface area contributed by atoms with Crippen LogP contribution in [0.4, 0.5) is 5.69 Å². The van der Waals surface area contributed by atoms with Gasteiger partial charge < -0.3 is 4.74 Å². The molecule has 2 aromatic rings. The van der Waals surface area contributed by atoms with Crippen molar-refractivity contribution in [1.29, 1.82) is 0 Å². The average Bonchev–Trinajstić information content (AvgIpc) is 2.72. The van der Waals surface area contributed by atoms with Crippen molar-refractivity contribution in [3.8, 4) is 0 Å². The Kier molecular flexibility index (Phi) is 5.60. The molecule has 1 N–H and O–H groups in total. The number of cyclic esters (lactones) is 1. The van der Waals surface area contributed by atoms with Gasteiger partial charge in [0.1, 0.15) is 11.1 Å². The van der Waals surface area contributed by atoms with E-state index in [-0.39, 0.29) is 5.78 Å². The Bertz CT molecular complexity index is 928. The van der Waals surface area contributed by atoms with Gasteiger partial charge in [0.25, 0.3) is 0 Å². The van der Waals surface area contributed by atoms with Gasteiger partial charge in [-0.2, -0.15) is 5.10 Å². The SMILES string of the molecule is CCc1ccc(/C(=N/Nc2ccccc2)[C@H]2OC(=O)C(C)(C)C(=O)C2(C)C)cc1. The number of Topliss-reactive ketones (excluding diaryl/α,β-unsaturated/α-hetero) is 1. The number of esters is 1. The molecule has 0 amide bonds. The Morgan fingerprint density at radius 3 is 2.21 bits per heavy atom. The molecule has 152 valence electrons. The smallest absolute Gasteiger partial charge is 0.319 e. The minimum Gasteiger partial charge on any atom is -0.454 e. The van der Waals surface area contributed by atoms with E-state index in [1.165, 1.54) is 5.56 Å². The summed E-state index contributed by atoms with van der Waals surface area (Å²) < 4.78 is 5.82. The molecule has 1 aliphatic rings. The van der Waals surface area contributed by atoms with Crippen molar-refractivity contribution < 1.29 is 14.3 Å². The van der Waals surface area contributed by atoms with Crippen LogP contribution < -0.4 is 5.43 Å². The first-order chi connectivity index (χ1) is 13.7. The van der Waals surface area contributed by atoms with Crippen LogP contribution in [0.5, 0.6) is 0 Å². The summed E-state index contributed by atoms with van der Waals surface area (Å²) in [7, 11) is 0. The van der Waals surface area contributed by atoms with E-state index in [1.54, 1.807) is 13.8 Å². The van der Waals surface area contributed by atoms with Gasteiger partial charge in [-0.05, 0) is 51.8 Å². The molecule has 0 unspecified atom stereocenters. The van der Waals surface area contributed by atoms with Crippen LogP contribution in [-0.4, -0.2) is 23.6 Å². The molecule has 1 saturated heterocycles. The second-order valence-electron chi connectivity index (χ2n) is 8.49. The Balaban J connectivity index is 2.06. The van der Waals surface area contributed by atoms with Crippen LogP contribution in [0.2, 0.25) is 0 Å². The topological polar surface area (TPSA) is 67.8 Å². The van der Waals surface area contributed by atoms with E-state index in [0.29, 0.717) is 5.71 Å².